The highest BCUT2D eigenvalue weighted by atomic mass is 32.1. The van der Waals surface area contributed by atoms with Gasteiger partial charge in [0.2, 0.25) is 0 Å². The summed E-state index contributed by atoms with van der Waals surface area (Å²) in [6.07, 6.45) is -1.57. The third-order valence-electron chi connectivity index (χ3n) is 2.20. The van der Waals surface area contributed by atoms with Gasteiger partial charge < -0.3 is 4.98 Å². The average Bonchev–Trinajstić information content (AvgIpc) is 2.28. The Bertz CT molecular complexity index is 590. The fourth-order valence-corrected chi connectivity index (χ4v) is 1.71. The van der Waals surface area contributed by atoms with Crippen LogP contribution in [0.2, 0.25) is 0 Å². The number of rotatable bonds is 1. The van der Waals surface area contributed by atoms with Gasteiger partial charge in [-0.2, -0.15) is 13.2 Å². The summed E-state index contributed by atoms with van der Waals surface area (Å²) >= 11 is 4.93. The highest BCUT2D eigenvalue weighted by molar-refractivity contribution is 7.71. The van der Waals surface area contributed by atoms with Crippen molar-refractivity contribution in [1.29, 1.82) is 0 Å². The third-order valence-corrected chi connectivity index (χ3v) is 2.51. The summed E-state index contributed by atoms with van der Waals surface area (Å²) < 4.78 is 38.6. The van der Waals surface area contributed by atoms with Gasteiger partial charge in [-0.3, -0.25) is 4.98 Å². The number of hydrogen-bond donors (Lipinski definition) is 1. The highest BCUT2D eigenvalue weighted by Crippen LogP contribution is 2.36. The largest absolute Gasteiger partial charge is 0.417 e. The van der Waals surface area contributed by atoms with E-state index < -0.39 is 11.7 Å². The molecule has 1 N–H and O–H groups in total. The fourth-order valence-electron chi connectivity index (χ4n) is 1.48. The quantitative estimate of drug-likeness (QED) is 0.786. The van der Waals surface area contributed by atoms with Crippen LogP contribution in [0.5, 0.6) is 0 Å². The Labute approximate surface area is 100 Å². The van der Waals surface area contributed by atoms with E-state index in [9.17, 15) is 13.2 Å². The predicted octanol–water partition coefficient (Wildman–Crippen LogP) is 3.82. The molecule has 1 aromatic heterocycles. The molecular weight excluding hydrogens is 249 g/mol. The molecule has 0 aliphatic heterocycles. The van der Waals surface area contributed by atoms with E-state index in [-0.39, 0.29) is 15.9 Å². The van der Waals surface area contributed by atoms with E-state index in [0.717, 1.165) is 6.07 Å². The summed E-state index contributed by atoms with van der Waals surface area (Å²) in [5.41, 5.74) is -0.615. The molecule has 0 spiro atoms. The summed E-state index contributed by atoms with van der Waals surface area (Å²) in [5.74, 6) is 0. The number of nitrogens with one attached hydrogen (secondary N) is 1. The number of alkyl halides is 3. The van der Waals surface area contributed by atoms with Crippen molar-refractivity contribution in [3.05, 3.63) is 46.9 Å². The number of hydrogen-bond acceptors (Lipinski definition) is 2. The van der Waals surface area contributed by atoms with E-state index in [4.69, 9.17) is 12.2 Å². The summed E-state index contributed by atoms with van der Waals surface area (Å²) in [4.78, 5) is 6.55. The molecule has 2 nitrogen and oxygen atoms in total. The fraction of sp³-hybridized carbons (Fsp3) is 0.0909. The number of halogens is 3. The maximum absolute atomic E-state index is 12.8. The van der Waals surface area contributed by atoms with Crippen molar-refractivity contribution in [2.75, 3.05) is 0 Å². The van der Waals surface area contributed by atoms with Gasteiger partial charge in [0.25, 0.3) is 0 Å². The van der Waals surface area contributed by atoms with Gasteiger partial charge >= 0.3 is 6.18 Å². The monoisotopic (exact) mass is 256 g/mol. The summed E-state index contributed by atoms with van der Waals surface area (Å²) in [6, 6.07) is 5.23. The van der Waals surface area contributed by atoms with E-state index in [1.165, 1.54) is 30.6 Å². The molecule has 0 aliphatic rings. The maximum Gasteiger partial charge on any atom is 0.417 e. The first-order chi connectivity index (χ1) is 8.00. The first kappa shape index (κ1) is 11.8. The van der Waals surface area contributed by atoms with Gasteiger partial charge in [0.1, 0.15) is 10.3 Å². The lowest BCUT2D eigenvalue weighted by Gasteiger charge is -2.11. The van der Waals surface area contributed by atoms with E-state index in [0.29, 0.717) is 0 Å². The van der Waals surface area contributed by atoms with Crippen molar-refractivity contribution in [3.63, 3.8) is 0 Å². The lowest BCUT2D eigenvalue weighted by Crippen LogP contribution is -2.07. The zero-order valence-corrected chi connectivity index (χ0v) is 9.27. The summed E-state index contributed by atoms with van der Waals surface area (Å²) in [5, 5.41) is 0. The number of nitrogens with zero attached hydrogens (tertiary/aromatic N) is 1. The van der Waals surface area contributed by atoms with Crippen molar-refractivity contribution < 1.29 is 13.2 Å². The van der Waals surface area contributed by atoms with Crippen LogP contribution in [0.3, 0.4) is 0 Å². The van der Waals surface area contributed by atoms with Gasteiger partial charge in [0.15, 0.2) is 0 Å². The Balaban J connectivity index is 2.69. The molecule has 2 aromatic rings. The second-order valence-corrected chi connectivity index (χ2v) is 3.72. The lowest BCUT2D eigenvalue weighted by molar-refractivity contribution is -0.137. The van der Waals surface area contributed by atoms with Crippen LogP contribution in [-0.4, -0.2) is 9.97 Å². The van der Waals surface area contributed by atoms with Gasteiger partial charge in [-0.1, -0.05) is 30.4 Å². The zero-order chi connectivity index (χ0) is 12.5. The van der Waals surface area contributed by atoms with Crippen molar-refractivity contribution >= 4 is 12.2 Å². The van der Waals surface area contributed by atoms with Crippen LogP contribution in [0.25, 0.3) is 11.3 Å². The lowest BCUT2D eigenvalue weighted by atomic mass is 10.0. The smallest absolute Gasteiger partial charge is 0.350 e. The SMILES string of the molecule is FC(F)(F)c1ccccc1-c1ncc[nH]c1=S. The van der Waals surface area contributed by atoms with Gasteiger partial charge in [0.05, 0.1) is 5.56 Å². The minimum Gasteiger partial charge on any atom is -0.350 e. The van der Waals surface area contributed by atoms with Gasteiger partial charge in [0, 0.05) is 18.0 Å². The first-order valence-corrected chi connectivity index (χ1v) is 5.11. The number of aromatic nitrogens is 2. The van der Waals surface area contributed by atoms with Crippen LogP contribution in [0.15, 0.2) is 36.7 Å². The molecular formula is C11H7F3N2S. The van der Waals surface area contributed by atoms with Crippen LogP contribution in [-0.2, 0) is 6.18 Å². The zero-order valence-electron chi connectivity index (χ0n) is 8.45. The van der Waals surface area contributed by atoms with E-state index in [2.05, 4.69) is 9.97 Å². The molecule has 0 bridgehead atoms. The molecule has 1 aromatic carbocycles. The minimum atomic E-state index is -4.42. The summed E-state index contributed by atoms with van der Waals surface area (Å²) in [6.45, 7) is 0. The highest BCUT2D eigenvalue weighted by Gasteiger charge is 2.33. The van der Waals surface area contributed by atoms with Crippen molar-refractivity contribution in [2.24, 2.45) is 0 Å². The Morgan fingerprint density at radius 3 is 2.53 bits per heavy atom. The molecule has 1 heterocycles. The Morgan fingerprint density at radius 1 is 1.18 bits per heavy atom. The van der Waals surface area contributed by atoms with E-state index in [1.807, 2.05) is 0 Å². The maximum atomic E-state index is 12.8. The molecule has 17 heavy (non-hydrogen) atoms. The summed E-state index contributed by atoms with van der Waals surface area (Å²) in [7, 11) is 0. The predicted molar refractivity (Wildman–Crippen MR) is 59.9 cm³/mol. The minimum absolute atomic E-state index is 0.0122. The molecule has 2 rings (SSSR count). The Kier molecular flexibility index (Phi) is 2.97. The van der Waals surface area contributed by atoms with Crippen LogP contribution >= 0.6 is 12.2 Å². The molecule has 0 saturated carbocycles. The second kappa shape index (κ2) is 4.29. The molecule has 0 fully saturated rings. The standard InChI is InChI=1S/C11H7F3N2S/c12-11(13,14)8-4-2-1-3-7(8)9-10(17)16-6-5-15-9/h1-6H,(H,16,17). The van der Waals surface area contributed by atoms with Crippen LogP contribution in [0, 0.1) is 4.64 Å². The van der Waals surface area contributed by atoms with Crippen molar-refractivity contribution in [3.8, 4) is 11.3 Å². The molecule has 0 unspecified atom stereocenters. The van der Waals surface area contributed by atoms with Gasteiger partial charge in [-0.05, 0) is 6.07 Å². The van der Waals surface area contributed by atoms with E-state index in [1.54, 1.807) is 0 Å². The van der Waals surface area contributed by atoms with Gasteiger partial charge in [-0.25, -0.2) is 0 Å². The molecule has 0 amide bonds. The van der Waals surface area contributed by atoms with Crippen LogP contribution < -0.4 is 0 Å². The molecule has 0 aliphatic carbocycles. The van der Waals surface area contributed by atoms with Crippen molar-refractivity contribution in [2.45, 2.75) is 6.18 Å². The average molecular weight is 256 g/mol. The molecule has 0 atom stereocenters. The normalized spacial score (nSPS) is 11.5. The second-order valence-electron chi connectivity index (χ2n) is 3.31. The molecule has 88 valence electrons. The Morgan fingerprint density at radius 2 is 1.88 bits per heavy atom. The Hall–Kier alpha value is -1.69. The first-order valence-electron chi connectivity index (χ1n) is 4.70. The third kappa shape index (κ3) is 2.36. The number of benzene rings is 1. The van der Waals surface area contributed by atoms with Crippen LogP contribution in [0.1, 0.15) is 5.56 Å². The topological polar surface area (TPSA) is 28.7 Å². The molecule has 0 radical (unpaired) electrons. The van der Waals surface area contributed by atoms with E-state index >= 15 is 0 Å². The van der Waals surface area contributed by atoms with Crippen LogP contribution in [0.4, 0.5) is 13.2 Å². The van der Waals surface area contributed by atoms with Gasteiger partial charge in [-0.15, -0.1) is 0 Å². The number of H-pyrrole nitrogens is 1. The van der Waals surface area contributed by atoms with Crippen molar-refractivity contribution in [1.82, 2.24) is 9.97 Å². The molecule has 0 saturated heterocycles. The number of aromatic amines is 1. The molecule has 6 heteroatoms.